The molecule has 0 radical (unpaired) electrons. The number of carbonyl (C=O) groups is 1. The van der Waals surface area contributed by atoms with Crippen molar-refractivity contribution in [2.45, 2.75) is 46.1 Å². The molecule has 0 aromatic heterocycles. The highest BCUT2D eigenvalue weighted by Gasteiger charge is 2.22. The second-order valence-corrected chi connectivity index (χ2v) is 3.76. The number of hydrogen-bond donors (Lipinski definition) is 0. The van der Waals surface area contributed by atoms with Crippen molar-refractivity contribution in [3.05, 3.63) is 12.3 Å². The summed E-state index contributed by atoms with van der Waals surface area (Å²) in [4.78, 5) is 11.2. The first-order valence-electron chi connectivity index (χ1n) is 4.98. The Morgan fingerprint density at radius 2 is 1.93 bits per heavy atom. The molecule has 0 aliphatic carbocycles. The molecule has 0 amide bonds. The molecular weight excluding hydrogens is 180 g/mol. The Labute approximate surface area is 86.1 Å². The topological polar surface area (TPSA) is 35.5 Å². The zero-order valence-electron chi connectivity index (χ0n) is 9.55. The molecule has 0 heterocycles. The summed E-state index contributed by atoms with van der Waals surface area (Å²) in [7, 11) is 0. The fraction of sp³-hybridized carbons (Fsp3) is 0.727. The van der Waals surface area contributed by atoms with E-state index in [-0.39, 0.29) is 11.4 Å². The second kappa shape index (κ2) is 5.68. The molecule has 0 saturated heterocycles. The molecule has 0 aliphatic heterocycles. The third-order valence-corrected chi connectivity index (χ3v) is 1.75. The summed E-state index contributed by atoms with van der Waals surface area (Å²) in [6.07, 6.45) is 1.88. The lowest BCUT2D eigenvalue weighted by Crippen LogP contribution is -2.26. The van der Waals surface area contributed by atoms with E-state index in [1.807, 2.05) is 13.8 Å². The van der Waals surface area contributed by atoms with Crippen molar-refractivity contribution in [3.8, 4) is 0 Å². The Balaban J connectivity index is 4.10. The zero-order chi connectivity index (χ0) is 11.2. The van der Waals surface area contributed by atoms with E-state index in [4.69, 9.17) is 9.47 Å². The Hall–Kier alpha value is -0.990. The maximum Gasteiger partial charge on any atom is 0.372 e. The minimum atomic E-state index is -0.475. The van der Waals surface area contributed by atoms with Crippen LogP contribution >= 0.6 is 0 Å². The third kappa shape index (κ3) is 4.90. The van der Waals surface area contributed by atoms with Gasteiger partial charge >= 0.3 is 5.97 Å². The zero-order valence-corrected chi connectivity index (χ0v) is 9.55. The molecular formula is C11H20O3. The van der Waals surface area contributed by atoms with E-state index in [1.165, 1.54) is 0 Å². The van der Waals surface area contributed by atoms with Gasteiger partial charge in [-0.15, -0.1) is 0 Å². The van der Waals surface area contributed by atoms with Gasteiger partial charge in [-0.05, 0) is 33.8 Å². The van der Waals surface area contributed by atoms with Gasteiger partial charge in [-0.25, -0.2) is 4.79 Å². The monoisotopic (exact) mass is 200 g/mol. The molecule has 0 unspecified atom stereocenters. The van der Waals surface area contributed by atoms with E-state index < -0.39 is 5.97 Å². The van der Waals surface area contributed by atoms with Crippen molar-refractivity contribution >= 4 is 5.97 Å². The van der Waals surface area contributed by atoms with Gasteiger partial charge in [0.05, 0.1) is 6.61 Å². The molecule has 0 aromatic rings. The van der Waals surface area contributed by atoms with Crippen molar-refractivity contribution in [1.82, 2.24) is 0 Å². The smallest absolute Gasteiger partial charge is 0.372 e. The summed E-state index contributed by atoms with van der Waals surface area (Å²) in [6, 6.07) is 0. The van der Waals surface area contributed by atoms with E-state index in [9.17, 15) is 4.79 Å². The van der Waals surface area contributed by atoms with E-state index in [0.717, 1.165) is 12.8 Å². The highest BCUT2D eigenvalue weighted by molar-refractivity contribution is 5.85. The molecule has 0 saturated carbocycles. The van der Waals surface area contributed by atoms with E-state index >= 15 is 0 Å². The lowest BCUT2D eigenvalue weighted by atomic mass is 10.0. The molecule has 82 valence electrons. The maximum absolute atomic E-state index is 11.2. The van der Waals surface area contributed by atoms with Crippen LogP contribution in [0.15, 0.2) is 12.3 Å². The number of hydrogen-bond acceptors (Lipinski definition) is 3. The number of carbonyl (C=O) groups excluding carboxylic acids is 1. The fourth-order valence-electron chi connectivity index (χ4n) is 1.24. The predicted molar refractivity (Wildman–Crippen MR) is 55.8 cm³/mol. The van der Waals surface area contributed by atoms with Crippen molar-refractivity contribution in [2.24, 2.45) is 0 Å². The molecule has 0 rings (SSSR count). The molecule has 0 aliphatic rings. The summed E-state index contributed by atoms with van der Waals surface area (Å²) < 4.78 is 10.2. The average Bonchev–Trinajstić information content (AvgIpc) is 2.03. The molecule has 0 aromatic carbocycles. The van der Waals surface area contributed by atoms with Crippen molar-refractivity contribution < 1.29 is 14.3 Å². The largest absolute Gasteiger partial charge is 0.481 e. The lowest BCUT2D eigenvalue weighted by Gasteiger charge is -2.26. The van der Waals surface area contributed by atoms with Crippen molar-refractivity contribution in [1.29, 1.82) is 0 Å². The average molecular weight is 200 g/mol. The predicted octanol–water partition coefficient (Wildman–Crippen LogP) is 2.66. The van der Waals surface area contributed by atoms with Gasteiger partial charge in [-0.3, -0.25) is 0 Å². The van der Waals surface area contributed by atoms with Crippen LogP contribution in [0.25, 0.3) is 0 Å². The van der Waals surface area contributed by atoms with Crippen LogP contribution < -0.4 is 0 Å². The van der Waals surface area contributed by atoms with Gasteiger partial charge in [-0.2, -0.15) is 0 Å². The first-order valence-corrected chi connectivity index (χ1v) is 4.98. The fourth-order valence-corrected chi connectivity index (χ4v) is 1.24. The molecule has 3 heteroatoms. The van der Waals surface area contributed by atoms with Crippen LogP contribution in [0.3, 0.4) is 0 Å². The van der Waals surface area contributed by atoms with Crippen LogP contribution in [-0.4, -0.2) is 18.2 Å². The number of esters is 1. The summed E-state index contributed by atoms with van der Waals surface area (Å²) in [6.45, 7) is 11.6. The van der Waals surface area contributed by atoms with Crippen LogP contribution in [0.5, 0.6) is 0 Å². The lowest BCUT2D eigenvalue weighted by molar-refractivity contribution is -0.145. The number of rotatable bonds is 6. The highest BCUT2D eigenvalue weighted by atomic mass is 16.6. The van der Waals surface area contributed by atoms with Crippen LogP contribution in [0.1, 0.15) is 40.5 Å². The third-order valence-electron chi connectivity index (χ3n) is 1.75. The van der Waals surface area contributed by atoms with E-state index in [1.54, 1.807) is 6.92 Å². The second-order valence-electron chi connectivity index (χ2n) is 3.76. The van der Waals surface area contributed by atoms with Crippen LogP contribution in [0, 0.1) is 0 Å². The van der Waals surface area contributed by atoms with Gasteiger partial charge in [-0.1, -0.05) is 13.3 Å². The molecule has 14 heavy (non-hydrogen) atoms. The molecule has 3 nitrogen and oxygen atoms in total. The Kier molecular flexibility index (Phi) is 5.28. The molecule has 0 N–H and O–H groups in total. The Morgan fingerprint density at radius 1 is 1.36 bits per heavy atom. The summed E-state index contributed by atoms with van der Waals surface area (Å²) in [5, 5.41) is 0. The van der Waals surface area contributed by atoms with Crippen molar-refractivity contribution in [2.75, 3.05) is 6.61 Å². The first-order chi connectivity index (χ1) is 6.43. The Morgan fingerprint density at radius 3 is 2.36 bits per heavy atom. The molecule has 0 spiro atoms. The van der Waals surface area contributed by atoms with Gasteiger partial charge < -0.3 is 9.47 Å². The standard InChI is InChI=1S/C11H20O3/c1-6-8-11(4,5)14-9(3)10(12)13-7-2/h3,6-8H2,1-2,4-5H3. The summed E-state index contributed by atoms with van der Waals surface area (Å²) >= 11 is 0. The molecule has 0 fully saturated rings. The minimum Gasteiger partial charge on any atom is -0.481 e. The Bertz CT molecular complexity index is 207. The van der Waals surface area contributed by atoms with Gasteiger partial charge in [0.2, 0.25) is 0 Å². The molecule has 0 atom stereocenters. The highest BCUT2D eigenvalue weighted by Crippen LogP contribution is 2.20. The van der Waals surface area contributed by atoms with Crippen LogP contribution in [0.2, 0.25) is 0 Å². The van der Waals surface area contributed by atoms with Gasteiger partial charge in [0.15, 0.2) is 5.76 Å². The van der Waals surface area contributed by atoms with Gasteiger partial charge in [0.1, 0.15) is 5.60 Å². The van der Waals surface area contributed by atoms with Crippen LogP contribution in [0.4, 0.5) is 0 Å². The first kappa shape index (κ1) is 13.0. The van der Waals surface area contributed by atoms with Crippen LogP contribution in [-0.2, 0) is 14.3 Å². The minimum absolute atomic E-state index is 0.0882. The van der Waals surface area contributed by atoms with Gasteiger partial charge in [0.25, 0.3) is 0 Å². The van der Waals surface area contributed by atoms with Gasteiger partial charge in [0, 0.05) is 0 Å². The summed E-state index contributed by atoms with van der Waals surface area (Å²) in [5.74, 6) is -0.387. The normalized spacial score (nSPS) is 10.9. The van der Waals surface area contributed by atoms with E-state index in [2.05, 4.69) is 13.5 Å². The van der Waals surface area contributed by atoms with E-state index in [0.29, 0.717) is 6.61 Å². The molecule has 0 bridgehead atoms. The maximum atomic E-state index is 11.2. The quantitative estimate of drug-likeness (QED) is 0.375. The SMILES string of the molecule is C=C(OC(C)(C)CCC)C(=O)OCC. The van der Waals surface area contributed by atoms with Crippen molar-refractivity contribution in [3.63, 3.8) is 0 Å². The number of ether oxygens (including phenoxy) is 2. The summed E-state index contributed by atoms with van der Waals surface area (Å²) in [5.41, 5.74) is -0.349.